The molecule has 5 heteroatoms. The molecule has 22 heavy (non-hydrogen) atoms. The largest absolute Gasteiger partial charge is 0.340 e. The van der Waals surface area contributed by atoms with Crippen LogP contribution in [0, 0.1) is 6.92 Å². The molecule has 116 valence electrons. The van der Waals surface area contributed by atoms with Gasteiger partial charge in [0.05, 0.1) is 13.0 Å². The molecule has 0 radical (unpaired) electrons. The van der Waals surface area contributed by atoms with E-state index >= 15 is 0 Å². The molecule has 1 amide bonds. The highest BCUT2D eigenvalue weighted by Gasteiger charge is 2.21. The lowest BCUT2D eigenvalue weighted by Crippen LogP contribution is -2.48. The van der Waals surface area contributed by atoms with Crippen LogP contribution < -0.4 is 0 Å². The highest BCUT2D eigenvalue weighted by atomic mass is 32.1. The first-order chi connectivity index (χ1) is 10.7. The summed E-state index contributed by atoms with van der Waals surface area (Å²) < 4.78 is 0. The van der Waals surface area contributed by atoms with Gasteiger partial charge in [-0.1, -0.05) is 30.3 Å². The Balaban J connectivity index is 1.48. The van der Waals surface area contributed by atoms with Crippen molar-refractivity contribution in [3.8, 4) is 0 Å². The predicted octanol–water partition coefficient (Wildman–Crippen LogP) is 2.34. The van der Waals surface area contributed by atoms with Crippen LogP contribution in [0.2, 0.25) is 0 Å². The second-order valence-electron chi connectivity index (χ2n) is 5.70. The van der Waals surface area contributed by atoms with Crippen LogP contribution >= 0.6 is 11.3 Å². The number of carbonyl (C=O) groups excluding carboxylic acids is 1. The van der Waals surface area contributed by atoms with E-state index in [2.05, 4.69) is 15.3 Å². The van der Waals surface area contributed by atoms with Gasteiger partial charge in [-0.05, 0) is 12.5 Å². The molecule has 0 spiro atoms. The number of nitrogens with zero attached hydrogens (tertiary/aromatic N) is 3. The van der Waals surface area contributed by atoms with Gasteiger partial charge in [-0.2, -0.15) is 0 Å². The lowest BCUT2D eigenvalue weighted by molar-refractivity contribution is -0.132. The first kappa shape index (κ1) is 15.2. The van der Waals surface area contributed by atoms with Gasteiger partial charge < -0.3 is 4.90 Å². The number of hydrogen-bond acceptors (Lipinski definition) is 4. The van der Waals surface area contributed by atoms with Crippen LogP contribution in [-0.2, 0) is 17.8 Å². The molecule has 0 N–H and O–H groups in total. The van der Waals surface area contributed by atoms with E-state index in [1.165, 1.54) is 5.01 Å². The number of aromatic nitrogens is 1. The Morgan fingerprint density at radius 2 is 1.91 bits per heavy atom. The van der Waals surface area contributed by atoms with Crippen LogP contribution in [0.5, 0.6) is 0 Å². The molecule has 0 saturated carbocycles. The smallest absolute Gasteiger partial charge is 0.227 e. The number of benzene rings is 1. The van der Waals surface area contributed by atoms with E-state index in [0.29, 0.717) is 6.42 Å². The fraction of sp³-hybridized carbons (Fsp3) is 0.412. The molecule has 1 aromatic heterocycles. The SMILES string of the molecule is Cc1csc(CN2CCN(C(=O)Cc3ccccc3)CC2)n1. The van der Waals surface area contributed by atoms with Crippen molar-refractivity contribution in [3.05, 3.63) is 52.0 Å². The van der Waals surface area contributed by atoms with Crippen LogP contribution in [0.4, 0.5) is 0 Å². The standard InChI is InChI=1S/C17H21N3OS/c1-14-13-22-16(18-14)12-19-7-9-20(10-8-19)17(21)11-15-5-3-2-4-6-15/h2-6,13H,7-12H2,1H3. The van der Waals surface area contributed by atoms with Gasteiger partial charge in [-0.3, -0.25) is 9.69 Å². The van der Waals surface area contributed by atoms with E-state index < -0.39 is 0 Å². The van der Waals surface area contributed by atoms with Crippen molar-refractivity contribution in [1.29, 1.82) is 0 Å². The molecular weight excluding hydrogens is 294 g/mol. The highest BCUT2D eigenvalue weighted by Crippen LogP contribution is 2.14. The Morgan fingerprint density at radius 3 is 2.55 bits per heavy atom. The minimum absolute atomic E-state index is 0.232. The molecular formula is C17H21N3OS. The number of carbonyl (C=O) groups is 1. The van der Waals surface area contributed by atoms with Gasteiger partial charge in [-0.15, -0.1) is 11.3 Å². The minimum atomic E-state index is 0.232. The van der Waals surface area contributed by atoms with E-state index in [0.717, 1.165) is 44.0 Å². The molecule has 0 unspecified atom stereocenters. The lowest BCUT2D eigenvalue weighted by atomic mass is 10.1. The van der Waals surface area contributed by atoms with Crippen LogP contribution in [-0.4, -0.2) is 46.9 Å². The molecule has 2 heterocycles. The van der Waals surface area contributed by atoms with Crippen molar-refractivity contribution in [2.75, 3.05) is 26.2 Å². The van der Waals surface area contributed by atoms with Gasteiger partial charge in [0, 0.05) is 37.3 Å². The van der Waals surface area contributed by atoms with Crippen molar-refractivity contribution >= 4 is 17.2 Å². The van der Waals surface area contributed by atoms with Crippen molar-refractivity contribution in [3.63, 3.8) is 0 Å². The molecule has 0 atom stereocenters. The zero-order valence-electron chi connectivity index (χ0n) is 12.9. The zero-order chi connectivity index (χ0) is 15.4. The molecule has 1 saturated heterocycles. The predicted molar refractivity (Wildman–Crippen MR) is 88.9 cm³/mol. The van der Waals surface area contributed by atoms with Gasteiger partial charge in [-0.25, -0.2) is 4.98 Å². The van der Waals surface area contributed by atoms with Gasteiger partial charge in [0.15, 0.2) is 0 Å². The summed E-state index contributed by atoms with van der Waals surface area (Å²) in [6, 6.07) is 9.97. The Labute approximate surface area is 135 Å². The van der Waals surface area contributed by atoms with E-state index in [-0.39, 0.29) is 5.91 Å². The van der Waals surface area contributed by atoms with Crippen molar-refractivity contribution in [1.82, 2.24) is 14.8 Å². The summed E-state index contributed by atoms with van der Waals surface area (Å²) in [6.07, 6.45) is 0.506. The van der Waals surface area contributed by atoms with E-state index in [4.69, 9.17) is 0 Å². The summed E-state index contributed by atoms with van der Waals surface area (Å²) in [5.41, 5.74) is 2.19. The number of thiazole rings is 1. The van der Waals surface area contributed by atoms with E-state index in [1.54, 1.807) is 11.3 Å². The maximum absolute atomic E-state index is 12.3. The molecule has 1 fully saturated rings. The maximum Gasteiger partial charge on any atom is 0.227 e. The number of piperazine rings is 1. The quantitative estimate of drug-likeness (QED) is 0.869. The summed E-state index contributed by atoms with van der Waals surface area (Å²) in [5, 5.41) is 3.26. The Kier molecular flexibility index (Phi) is 4.85. The first-order valence-electron chi connectivity index (χ1n) is 7.66. The number of amides is 1. The van der Waals surface area contributed by atoms with Crippen LogP contribution in [0.25, 0.3) is 0 Å². The average molecular weight is 315 g/mol. The summed E-state index contributed by atoms with van der Waals surface area (Å²) in [6.45, 7) is 6.42. The summed E-state index contributed by atoms with van der Waals surface area (Å²) >= 11 is 1.72. The number of rotatable bonds is 4. The normalized spacial score (nSPS) is 16.0. The molecule has 1 aromatic carbocycles. The molecule has 0 aliphatic carbocycles. The highest BCUT2D eigenvalue weighted by molar-refractivity contribution is 7.09. The van der Waals surface area contributed by atoms with Crippen molar-refractivity contribution in [2.45, 2.75) is 19.9 Å². The van der Waals surface area contributed by atoms with E-state index in [9.17, 15) is 4.79 Å². The molecule has 1 aliphatic heterocycles. The average Bonchev–Trinajstić information content (AvgIpc) is 2.94. The van der Waals surface area contributed by atoms with Crippen molar-refractivity contribution in [2.24, 2.45) is 0 Å². The Bertz CT molecular complexity index is 618. The summed E-state index contributed by atoms with van der Waals surface area (Å²) in [4.78, 5) is 21.2. The summed E-state index contributed by atoms with van der Waals surface area (Å²) in [7, 11) is 0. The van der Waals surface area contributed by atoms with Crippen LogP contribution in [0.3, 0.4) is 0 Å². The van der Waals surface area contributed by atoms with Gasteiger partial charge in [0.25, 0.3) is 0 Å². The van der Waals surface area contributed by atoms with Gasteiger partial charge >= 0.3 is 0 Å². The van der Waals surface area contributed by atoms with Gasteiger partial charge in [0.2, 0.25) is 5.91 Å². The number of hydrogen-bond donors (Lipinski definition) is 0. The van der Waals surface area contributed by atoms with E-state index in [1.807, 2.05) is 42.2 Å². The molecule has 1 aliphatic rings. The molecule has 4 nitrogen and oxygen atoms in total. The molecule has 3 rings (SSSR count). The van der Waals surface area contributed by atoms with Crippen LogP contribution in [0.15, 0.2) is 35.7 Å². The molecule has 2 aromatic rings. The van der Waals surface area contributed by atoms with Crippen LogP contribution in [0.1, 0.15) is 16.3 Å². The zero-order valence-corrected chi connectivity index (χ0v) is 13.7. The van der Waals surface area contributed by atoms with Crippen molar-refractivity contribution < 1.29 is 4.79 Å². The van der Waals surface area contributed by atoms with Gasteiger partial charge in [0.1, 0.15) is 5.01 Å². The Morgan fingerprint density at radius 1 is 1.18 bits per heavy atom. The topological polar surface area (TPSA) is 36.4 Å². The number of aryl methyl sites for hydroxylation is 1. The lowest BCUT2D eigenvalue weighted by Gasteiger charge is -2.34. The molecule has 0 bridgehead atoms. The third-order valence-corrected chi connectivity index (χ3v) is 4.90. The first-order valence-corrected chi connectivity index (χ1v) is 8.54. The second kappa shape index (κ2) is 7.03. The third kappa shape index (κ3) is 3.93. The minimum Gasteiger partial charge on any atom is -0.340 e. The maximum atomic E-state index is 12.3. The fourth-order valence-electron chi connectivity index (χ4n) is 2.70. The second-order valence-corrected chi connectivity index (χ2v) is 6.64. The Hall–Kier alpha value is -1.72. The monoisotopic (exact) mass is 315 g/mol. The third-order valence-electron chi connectivity index (χ3n) is 3.95. The fourth-order valence-corrected chi connectivity index (χ4v) is 3.52. The summed E-state index contributed by atoms with van der Waals surface area (Å²) in [5.74, 6) is 0.232.